The van der Waals surface area contributed by atoms with Gasteiger partial charge in [-0.1, -0.05) is 0 Å². The van der Waals surface area contributed by atoms with E-state index in [4.69, 9.17) is 5.11 Å². The quantitative estimate of drug-likeness (QED) is 0.621. The van der Waals surface area contributed by atoms with Crippen molar-refractivity contribution in [3.8, 4) is 5.75 Å². The molecule has 1 aromatic heterocycles. The zero-order chi connectivity index (χ0) is 6.97. The number of rotatable bonds is 0. The van der Waals surface area contributed by atoms with Crippen LogP contribution in [0, 0.1) is 5.51 Å². The summed E-state index contributed by atoms with van der Waals surface area (Å²) in [5.74, 6) is 0.256. The number of phenols is 1. The Labute approximate surface area is 61.8 Å². The topological polar surface area (TPSA) is 33.1 Å². The fourth-order valence-corrected chi connectivity index (χ4v) is 1.39. The predicted octanol–water partition coefficient (Wildman–Crippen LogP) is 1.80. The van der Waals surface area contributed by atoms with E-state index in [1.165, 1.54) is 11.3 Å². The summed E-state index contributed by atoms with van der Waals surface area (Å²) < 4.78 is 1.05. The third-order valence-corrected chi connectivity index (χ3v) is 2.01. The number of hydrogen-bond donors (Lipinski definition) is 1. The van der Waals surface area contributed by atoms with Crippen molar-refractivity contribution in [1.82, 2.24) is 4.98 Å². The number of aromatic nitrogens is 1. The van der Waals surface area contributed by atoms with Crippen molar-refractivity contribution in [2.24, 2.45) is 0 Å². The van der Waals surface area contributed by atoms with Crippen LogP contribution < -0.4 is 0 Å². The van der Waals surface area contributed by atoms with Crippen LogP contribution in [0.1, 0.15) is 0 Å². The standard InChI is InChI=1S/C7H4NOS/c9-5-1-2-7-6(3-5)8-4-10-7/h1-3,9H. The molecule has 0 spiro atoms. The van der Waals surface area contributed by atoms with E-state index in [0.29, 0.717) is 0 Å². The molecule has 0 unspecified atom stereocenters. The second kappa shape index (κ2) is 1.95. The normalized spacial score (nSPS) is 10.4. The van der Waals surface area contributed by atoms with Gasteiger partial charge in [-0.15, -0.1) is 11.3 Å². The van der Waals surface area contributed by atoms with Crippen molar-refractivity contribution < 1.29 is 5.11 Å². The third kappa shape index (κ3) is 0.752. The first kappa shape index (κ1) is 5.68. The largest absolute Gasteiger partial charge is 0.508 e. The highest BCUT2D eigenvalue weighted by Crippen LogP contribution is 2.20. The molecule has 10 heavy (non-hydrogen) atoms. The van der Waals surface area contributed by atoms with E-state index in [0.717, 1.165) is 10.2 Å². The van der Waals surface area contributed by atoms with Crippen LogP contribution in [0.4, 0.5) is 0 Å². The Morgan fingerprint density at radius 2 is 2.40 bits per heavy atom. The molecule has 0 fully saturated rings. The van der Waals surface area contributed by atoms with Crippen molar-refractivity contribution in [3.05, 3.63) is 23.7 Å². The summed E-state index contributed by atoms with van der Waals surface area (Å²) in [5.41, 5.74) is 3.56. The van der Waals surface area contributed by atoms with Gasteiger partial charge in [0.15, 0.2) is 5.51 Å². The lowest BCUT2D eigenvalue weighted by Gasteiger charge is -1.87. The molecular weight excluding hydrogens is 146 g/mol. The van der Waals surface area contributed by atoms with Crippen molar-refractivity contribution in [1.29, 1.82) is 0 Å². The number of thiazole rings is 1. The second-order valence-electron chi connectivity index (χ2n) is 1.96. The molecule has 0 amide bonds. The molecule has 1 N–H and O–H groups in total. The van der Waals surface area contributed by atoms with Crippen LogP contribution in [-0.2, 0) is 0 Å². The van der Waals surface area contributed by atoms with Gasteiger partial charge in [-0.3, -0.25) is 0 Å². The van der Waals surface area contributed by atoms with Gasteiger partial charge in [0.25, 0.3) is 0 Å². The Morgan fingerprint density at radius 3 is 3.30 bits per heavy atom. The zero-order valence-electron chi connectivity index (χ0n) is 5.03. The van der Waals surface area contributed by atoms with Gasteiger partial charge in [0.05, 0.1) is 10.2 Å². The van der Waals surface area contributed by atoms with Crippen molar-refractivity contribution in [3.63, 3.8) is 0 Å². The van der Waals surface area contributed by atoms with Gasteiger partial charge in [0, 0.05) is 6.07 Å². The summed E-state index contributed by atoms with van der Waals surface area (Å²) >= 11 is 1.45. The SMILES string of the molecule is Oc1ccc2s[c]nc2c1. The number of benzene rings is 1. The lowest BCUT2D eigenvalue weighted by Crippen LogP contribution is -1.65. The molecule has 1 aromatic carbocycles. The van der Waals surface area contributed by atoms with Gasteiger partial charge in [0.2, 0.25) is 0 Å². The molecule has 0 aliphatic carbocycles. The summed E-state index contributed by atoms with van der Waals surface area (Å²) in [6, 6.07) is 5.11. The molecule has 0 bridgehead atoms. The molecule has 0 saturated heterocycles. The molecule has 2 rings (SSSR count). The Hall–Kier alpha value is -1.09. The van der Waals surface area contributed by atoms with E-state index in [1.54, 1.807) is 12.1 Å². The van der Waals surface area contributed by atoms with Crippen molar-refractivity contribution in [2.75, 3.05) is 0 Å². The highest BCUT2D eigenvalue weighted by molar-refractivity contribution is 7.16. The second-order valence-corrected chi connectivity index (χ2v) is 2.78. The van der Waals surface area contributed by atoms with E-state index in [1.807, 2.05) is 6.07 Å². The Balaban J connectivity index is 2.86. The van der Waals surface area contributed by atoms with E-state index >= 15 is 0 Å². The Morgan fingerprint density at radius 1 is 1.50 bits per heavy atom. The molecule has 0 saturated carbocycles. The van der Waals surface area contributed by atoms with Crippen LogP contribution in [0.15, 0.2) is 18.2 Å². The molecule has 2 aromatic rings. The van der Waals surface area contributed by atoms with E-state index in [9.17, 15) is 0 Å². The van der Waals surface area contributed by atoms with E-state index in [-0.39, 0.29) is 5.75 Å². The number of phenolic OH excluding ortho intramolecular Hbond substituents is 1. The van der Waals surface area contributed by atoms with Gasteiger partial charge in [-0.2, -0.15) is 0 Å². The minimum atomic E-state index is 0.256. The average Bonchev–Trinajstić information content (AvgIpc) is 2.33. The van der Waals surface area contributed by atoms with Gasteiger partial charge < -0.3 is 5.11 Å². The lowest BCUT2D eigenvalue weighted by molar-refractivity contribution is 0.476. The maximum absolute atomic E-state index is 9.00. The molecule has 3 heteroatoms. The van der Waals surface area contributed by atoms with Crippen LogP contribution >= 0.6 is 11.3 Å². The molecule has 0 aliphatic rings. The molecule has 0 aliphatic heterocycles. The number of aromatic hydroxyl groups is 1. The lowest BCUT2D eigenvalue weighted by atomic mass is 10.3. The van der Waals surface area contributed by atoms with Gasteiger partial charge in [-0.05, 0) is 12.1 Å². The van der Waals surface area contributed by atoms with E-state index in [2.05, 4.69) is 10.5 Å². The molecular formula is C7H4NOS. The van der Waals surface area contributed by atoms with Crippen LogP contribution in [0.3, 0.4) is 0 Å². The molecule has 1 radical (unpaired) electrons. The Bertz CT molecular complexity index is 355. The van der Waals surface area contributed by atoms with Crippen LogP contribution in [-0.4, -0.2) is 10.1 Å². The summed E-state index contributed by atoms with van der Waals surface area (Å²) in [5, 5.41) is 9.00. The number of nitrogens with zero attached hydrogens (tertiary/aromatic N) is 1. The molecule has 49 valence electrons. The average molecular weight is 150 g/mol. The zero-order valence-corrected chi connectivity index (χ0v) is 5.85. The van der Waals surface area contributed by atoms with Crippen LogP contribution in [0.2, 0.25) is 0 Å². The van der Waals surface area contributed by atoms with Crippen LogP contribution in [0.5, 0.6) is 5.75 Å². The monoisotopic (exact) mass is 150 g/mol. The van der Waals surface area contributed by atoms with Crippen LogP contribution in [0.25, 0.3) is 10.2 Å². The third-order valence-electron chi connectivity index (χ3n) is 1.26. The molecule has 2 nitrogen and oxygen atoms in total. The van der Waals surface area contributed by atoms with E-state index < -0.39 is 0 Å². The summed E-state index contributed by atoms with van der Waals surface area (Å²) in [4.78, 5) is 3.91. The van der Waals surface area contributed by atoms with Gasteiger partial charge >= 0.3 is 0 Å². The highest BCUT2D eigenvalue weighted by Gasteiger charge is 1.95. The smallest absolute Gasteiger partial charge is 0.153 e. The fourth-order valence-electron chi connectivity index (χ4n) is 0.801. The summed E-state index contributed by atoms with van der Waals surface area (Å²) in [6.45, 7) is 0. The highest BCUT2D eigenvalue weighted by atomic mass is 32.1. The van der Waals surface area contributed by atoms with Gasteiger partial charge in [-0.25, -0.2) is 4.98 Å². The summed E-state index contributed by atoms with van der Waals surface area (Å²) in [7, 11) is 0. The Kier molecular flexibility index (Phi) is 1.11. The maximum atomic E-state index is 9.00. The molecule has 0 atom stereocenters. The summed E-state index contributed by atoms with van der Waals surface area (Å²) in [6.07, 6.45) is 0. The number of fused-ring (bicyclic) bond motifs is 1. The maximum Gasteiger partial charge on any atom is 0.153 e. The first-order valence-electron chi connectivity index (χ1n) is 2.82. The minimum absolute atomic E-state index is 0.256. The first-order chi connectivity index (χ1) is 4.86. The predicted molar refractivity (Wildman–Crippen MR) is 40.1 cm³/mol. The number of hydrogen-bond acceptors (Lipinski definition) is 3. The first-order valence-corrected chi connectivity index (χ1v) is 3.63. The van der Waals surface area contributed by atoms with Crippen molar-refractivity contribution >= 4 is 21.6 Å². The fraction of sp³-hybridized carbons (Fsp3) is 0. The van der Waals surface area contributed by atoms with Crippen molar-refractivity contribution in [2.45, 2.75) is 0 Å². The molecule has 1 heterocycles. The minimum Gasteiger partial charge on any atom is -0.508 e. The van der Waals surface area contributed by atoms with Gasteiger partial charge in [0.1, 0.15) is 5.75 Å².